The molecule has 122 valence electrons. The lowest BCUT2D eigenvalue weighted by Crippen LogP contribution is -2.14. The highest BCUT2D eigenvalue weighted by atomic mass is 16.5. The van der Waals surface area contributed by atoms with Crippen molar-refractivity contribution >= 4 is 11.9 Å². The largest absolute Gasteiger partial charge is 0.493 e. The van der Waals surface area contributed by atoms with Gasteiger partial charge in [0.15, 0.2) is 0 Å². The Morgan fingerprint density at radius 1 is 1.18 bits per heavy atom. The molecule has 5 nitrogen and oxygen atoms in total. The molecule has 0 spiro atoms. The molecular formula is C17H24O5. The van der Waals surface area contributed by atoms with Gasteiger partial charge in [0.05, 0.1) is 12.2 Å². The van der Waals surface area contributed by atoms with Gasteiger partial charge in [-0.2, -0.15) is 0 Å². The maximum Gasteiger partial charge on any atom is 0.339 e. The molecular weight excluding hydrogens is 284 g/mol. The Balaban J connectivity index is 2.73. The van der Waals surface area contributed by atoms with E-state index in [2.05, 4.69) is 27.7 Å². The summed E-state index contributed by atoms with van der Waals surface area (Å²) in [5.74, 6) is -1.69. The van der Waals surface area contributed by atoms with E-state index in [9.17, 15) is 9.59 Å². The van der Waals surface area contributed by atoms with Gasteiger partial charge < -0.3 is 14.9 Å². The van der Waals surface area contributed by atoms with Crippen LogP contribution in [0.1, 0.15) is 61.3 Å². The van der Waals surface area contributed by atoms with Gasteiger partial charge in [0.2, 0.25) is 0 Å². The van der Waals surface area contributed by atoms with E-state index in [0.717, 1.165) is 12.8 Å². The molecule has 0 heterocycles. The minimum absolute atomic E-state index is 0.0164. The van der Waals surface area contributed by atoms with Crippen molar-refractivity contribution < 1.29 is 24.5 Å². The van der Waals surface area contributed by atoms with Crippen LogP contribution in [0.15, 0.2) is 18.2 Å². The predicted molar refractivity (Wildman–Crippen MR) is 83.7 cm³/mol. The molecule has 1 rings (SSSR count). The van der Waals surface area contributed by atoms with Crippen LogP contribution in [0.4, 0.5) is 0 Å². The summed E-state index contributed by atoms with van der Waals surface area (Å²) in [6, 6.07) is 3.79. The van der Waals surface area contributed by atoms with Gasteiger partial charge in [-0.05, 0) is 42.4 Å². The Kier molecular flexibility index (Phi) is 5.97. The molecule has 1 aromatic carbocycles. The summed E-state index contributed by atoms with van der Waals surface area (Å²) in [5.41, 5.74) is 0.228. The van der Waals surface area contributed by atoms with E-state index in [-0.39, 0.29) is 22.3 Å². The number of hydrogen-bond acceptors (Lipinski definition) is 3. The second-order valence-electron chi connectivity index (χ2n) is 6.83. The molecule has 5 heteroatoms. The first kappa shape index (κ1) is 18.0. The molecule has 0 bridgehead atoms. The van der Waals surface area contributed by atoms with Crippen molar-refractivity contribution in [1.29, 1.82) is 0 Å². The van der Waals surface area contributed by atoms with Gasteiger partial charge >= 0.3 is 11.9 Å². The fraction of sp³-hybridized carbons (Fsp3) is 0.529. The first-order valence-electron chi connectivity index (χ1n) is 7.33. The van der Waals surface area contributed by atoms with E-state index < -0.39 is 11.9 Å². The molecule has 0 amide bonds. The normalized spacial score (nSPS) is 12.7. The summed E-state index contributed by atoms with van der Waals surface area (Å²) >= 11 is 0. The second kappa shape index (κ2) is 7.29. The summed E-state index contributed by atoms with van der Waals surface area (Å²) in [6.45, 7) is 9.00. The Morgan fingerprint density at radius 2 is 1.82 bits per heavy atom. The van der Waals surface area contributed by atoms with Crippen molar-refractivity contribution in [3.63, 3.8) is 0 Å². The van der Waals surface area contributed by atoms with Crippen LogP contribution in [0, 0.1) is 11.3 Å². The average molecular weight is 308 g/mol. The predicted octanol–water partition coefficient (Wildman–Crippen LogP) is 3.92. The third-order valence-electron chi connectivity index (χ3n) is 3.29. The summed E-state index contributed by atoms with van der Waals surface area (Å²) in [7, 11) is 0. The first-order chi connectivity index (χ1) is 10.1. The SMILES string of the molecule is CC(CCOc1cc(C(=O)O)ccc1C(=O)O)CC(C)(C)C. The van der Waals surface area contributed by atoms with Gasteiger partial charge in [-0.1, -0.05) is 27.7 Å². The molecule has 0 aliphatic heterocycles. The smallest absolute Gasteiger partial charge is 0.339 e. The standard InChI is InChI=1S/C17H24O5/c1-11(10-17(2,3)4)7-8-22-14-9-12(15(18)19)5-6-13(14)16(20)21/h5-6,9,11H,7-8,10H2,1-4H3,(H,18,19)(H,20,21). The Bertz CT molecular complexity index is 542. The molecule has 22 heavy (non-hydrogen) atoms. The maximum absolute atomic E-state index is 11.2. The highest BCUT2D eigenvalue weighted by Gasteiger charge is 2.17. The lowest BCUT2D eigenvalue weighted by Gasteiger charge is -2.23. The molecule has 0 aliphatic carbocycles. The number of carbonyl (C=O) groups is 2. The van der Waals surface area contributed by atoms with Crippen LogP contribution in [-0.2, 0) is 0 Å². The van der Waals surface area contributed by atoms with Crippen LogP contribution >= 0.6 is 0 Å². The Hall–Kier alpha value is -2.04. The van der Waals surface area contributed by atoms with E-state index in [1.807, 2.05) is 0 Å². The number of carboxylic acid groups (broad SMARTS) is 2. The zero-order valence-electron chi connectivity index (χ0n) is 13.5. The number of rotatable bonds is 7. The van der Waals surface area contributed by atoms with E-state index >= 15 is 0 Å². The lowest BCUT2D eigenvalue weighted by atomic mass is 9.84. The molecule has 1 unspecified atom stereocenters. The van der Waals surface area contributed by atoms with Crippen LogP contribution in [0.3, 0.4) is 0 Å². The van der Waals surface area contributed by atoms with Crippen molar-refractivity contribution in [3.8, 4) is 5.75 Å². The van der Waals surface area contributed by atoms with Crippen molar-refractivity contribution in [1.82, 2.24) is 0 Å². The second-order valence-corrected chi connectivity index (χ2v) is 6.83. The molecule has 0 fully saturated rings. The monoisotopic (exact) mass is 308 g/mol. The highest BCUT2D eigenvalue weighted by Crippen LogP contribution is 2.27. The minimum atomic E-state index is -1.13. The number of benzene rings is 1. The molecule has 0 aromatic heterocycles. The van der Waals surface area contributed by atoms with Gasteiger partial charge in [-0.15, -0.1) is 0 Å². The van der Waals surface area contributed by atoms with Gasteiger partial charge in [-0.25, -0.2) is 9.59 Å². The summed E-state index contributed by atoms with van der Waals surface area (Å²) < 4.78 is 5.53. The number of aromatic carboxylic acids is 2. The molecule has 0 aliphatic rings. The molecule has 0 saturated heterocycles. The van der Waals surface area contributed by atoms with Crippen molar-refractivity contribution in [2.24, 2.45) is 11.3 Å². The van der Waals surface area contributed by atoms with Crippen molar-refractivity contribution in [2.75, 3.05) is 6.61 Å². The summed E-state index contributed by atoms with van der Waals surface area (Å²) in [5, 5.41) is 18.1. The van der Waals surface area contributed by atoms with Crippen molar-refractivity contribution in [3.05, 3.63) is 29.3 Å². The van der Waals surface area contributed by atoms with Gasteiger partial charge in [0.25, 0.3) is 0 Å². The number of ether oxygens (including phenoxy) is 1. The zero-order valence-corrected chi connectivity index (χ0v) is 13.5. The van der Waals surface area contributed by atoms with Gasteiger partial charge in [0.1, 0.15) is 11.3 Å². The van der Waals surface area contributed by atoms with Crippen LogP contribution in [0.2, 0.25) is 0 Å². The number of carboxylic acids is 2. The number of hydrogen-bond donors (Lipinski definition) is 2. The topological polar surface area (TPSA) is 83.8 Å². The average Bonchev–Trinajstić information content (AvgIpc) is 2.35. The third-order valence-corrected chi connectivity index (χ3v) is 3.29. The third kappa shape index (κ3) is 5.76. The Labute approximate surface area is 130 Å². The quantitative estimate of drug-likeness (QED) is 0.797. The minimum Gasteiger partial charge on any atom is -0.493 e. The Morgan fingerprint density at radius 3 is 2.32 bits per heavy atom. The zero-order chi connectivity index (χ0) is 16.9. The molecule has 1 atom stereocenters. The molecule has 1 aromatic rings. The van der Waals surface area contributed by atoms with Gasteiger partial charge in [-0.3, -0.25) is 0 Å². The lowest BCUT2D eigenvalue weighted by molar-refractivity contribution is 0.0676. The van der Waals surface area contributed by atoms with E-state index in [0.29, 0.717) is 12.5 Å². The van der Waals surface area contributed by atoms with E-state index in [1.165, 1.54) is 18.2 Å². The fourth-order valence-electron chi connectivity index (χ4n) is 2.47. The van der Waals surface area contributed by atoms with Crippen LogP contribution in [0.5, 0.6) is 5.75 Å². The van der Waals surface area contributed by atoms with Crippen LogP contribution in [0.25, 0.3) is 0 Å². The van der Waals surface area contributed by atoms with E-state index in [4.69, 9.17) is 14.9 Å². The molecule has 2 N–H and O–H groups in total. The van der Waals surface area contributed by atoms with Crippen LogP contribution < -0.4 is 4.74 Å². The van der Waals surface area contributed by atoms with Gasteiger partial charge in [0, 0.05) is 0 Å². The first-order valence-corrected chi connectivity index (χ1v) is 7.33. The molecule has 0 saturated carbocycles. The molecule has 0 radical (unpaired) electrons. The van der Waals surface area contributed by atoms with E-state index in [1.54, 1.807) is 0 Å². The van der Waals surface area contributed by atoms with Crippen LogP contribution in [-0.4, -0.2) is 28.8 Å². The highest BCUT2D eigenvalue weighted by molar-refractivity contribution is 5.94. The fourth-order valence-corrected chi connectivity index (χ4v) is 2.47. The summed E-state index contributed by atoms with van der Waals surface area (Å²) in [4.78, 5) is 22.1. The summed E-state index contributed by atoms with van der Waals surface area (Å²) in [6.07, 6.45) is 1.82. The maximum atomic E-state index is 11.2. The van der Waals surface area contributed by atoms with Crippen molar-refractivity contribution in [2.45, 2.75) is 40.5 Å².